The molecule has 0 saturated heterocycles. The number of methoxy groups -OCH3 is 1. The summed E-state index contributed by atoms with van der Waals surface area (Å²) in [7, 11) is 1.26. The number of carbonyl (C=O) groups excluding carboxylic acids is 2. The first kappa shape index (κ1) is 25.9. The van der Waals surface area contributed by atoms with Crippen LogP contribution in [0.2, 0.25) is 0 Å². The molecule has 0 amide bonds. The second-order valence-electron chi connectivity index (χ2n) is 5.82. The number of hydrogen-bond donors (Lipinski definition) is 4. The van der Waals surface area contributed by atoms with Crippen LogP contribution in [0.4, 0.5) is 5.69 Å². The molecule has 2 saturated carbocycles. The highest BCUT2D eigenvalue weighted by Gasteiger charge is 2.28. The molecule has 1 aromatic rings. The predicted octanol–water partition coefficient (Wildman–Crippen LogP) is 1.72. The van der Waals surface area contributed by atoms with Gasteiger partial charge in [-0.3, -0.25) is 4.79 Å². The number of hydrogen-bond acceptors (Lipinski definition) is 6. The molecule has 0 aliphatic heterocycles. The molecule has 0 unspecified atom stereocenters. The topological polar surface area (TPSA) is 153 Å². The van der Waals surface area contributed by atoms with Crippen LogP contribution in [0, 0.1) is 23.8 Å². The van der Waals surface area contributed by atoms with E-state index in [1.807, 2.05) is 0 Å². The number of nitrogens with two attached hydrogens (primary N) is 2. The molecule has 2 fully saturated rings. The Labute approximate surface area is 178 Å². The van der Waals surface area contributed by atoms with Crippen molar-refractivity contribution in [3.63, 3.8) is 0 Å². The van der Waals surface area contributed by atoms with Gasteiger partial charge in [-0.05, 0) is 56.0 Å². The van der Waals surface area contributed by atoms with E-state index < -0.39 is 5.97 Å². The minimum atomic E-state index is -0.477. The van der Waals surface area contributed by atoms with Crippen LogP contribution in [-0.4, -0.2) is 41.0 Å². The number of esters is 1. The number of nitrogens with zero attached hydrogens (tertiary/aromatic N) is 2. The van der Waals surface area contributed by atoms with Crippen molar-refractivity contribution in [2.45, 2.75) is 31.6 Å². The molecule has 0 bridgehead atoms. The van der Waals surface area contributed by atoms with Crippen molar-refractivity contribution in [3.05, 3.63) is 43.7 Å². The minimum Gasteiger partial charge on any atom is -0.464 e. The van der Waals surface area contributed by atoms with Crippen molar-refractivity contribution in [2.75, 3.05) is 13.7 Å². The number of aromatic amines is 2. The molecule has 0 aromatic carbocycles. The van der Waals surface area contributed by atoms with Gasteiger partial charge in [0.05, 0.1) is 13.7 Å². The molecule has 3 rings (SSSR count). The smallest absolute Gasteiger partial charge is 0.386 e. The van der Waals surface area contributed by atoms with Crippen LogP contribution in [0.15, 0.2) is 4.79 Å². The SMILES string of the molecule is NC(N)=S.O=CC1CC1.[C-]#[N+]CC(=O)OC.[C-]#[N+]c1c(C2CC2)[nH]c(=S)[nH]c1=O. The Hall–Kier alpha value is -3.09. The summed E-state index contributed by atoms with van der Waals surface area (Å²) < 4.78 is 4.44. The van der Waals surface area contributed by atoms with Crippen molar-refractivity contribution in [1.82, 2.24) is 9.97 Å². The lowest BCUT2D eigenvalue weighted by atomic mass is 10.2. The summed E-state index contributed by atoms with van der Waals surface area (Å²) in [5, 5.41) is 0.000000000000000222. The van der Waals surface area contributed by atoms with Crippen LogP contribution in [0.1, 0.15) is 37.3 Å². The first-order valence-electron chi connectivity index (χ1n) is 8.34. The zero-order chi connectivity index (χ0) is 22.4. The first-order valence-corrected chi connectivity index (χ1v) is 9.15. The Morgan fingerprint density at radius 3 is 2.10 bits per heavy atom. The van der Waals surface area contributed by atoms with Gasteiger partial charge in [0.15, 0.2) is 9.88 Å². The van der Waals surface area contributed by atoms with Gasteiger partial charge in [0.25, 0.3) is 11.2 Å². The third kappa shape index (κ3) is 12.8. The van der Waals surface area contributed by atoms with E-state index in [1.165, 1.54) is 7.11 Å². The molecule has 29 heavy (non-hydrogen) atoms. The normalized spacial score (nSPS) is 13.2. The van der Waals surface area contributed by atoms with Crippen LogP contribution >= 0.6 is 24.4 Å². The van der Waals surface area contributed by atoms with Gasteiger partial charge in [-0.25, -0.2) is 16.2 Å². The van der Waals surface area contributed by atoms with Gasteiger partial charge >= 0.3 is 12.5 Å². The molecule has 0 spiro atoms. The molecule has 6 N–H and O–H groups in total. The maximum atomic E-state index is 11.3. The van der Waals surface area contributed by atoms with Crippen LogP contribution < -0.4 is 17.0 Å². The van der Waals surface area contributed by atoms with Gasteiger partial charge in [0.1, 0.15) is 6.29 Å². The number of H-pyrrole nitrogens is 2. The van der Waals surface area contributed by atoms with E-state index in [4.69, 9.17) is 25.4 Å². The van der Waals surface area contributed by atoms with E-state index in [0.717, 1.165) is 32.0 Å². The van der Waals surface area contributed by atoms with Crippen LogP contribution in [-0.2, 0) is 14.3 Å². The van der Waals surface area contributed by atoms with E-state index in [1.54, 1.807) is 0 Å². The highest BCUT2D eigenvalue weighted by Crippen LogP contribution is 2.41. The quantitative estimate of drug-likeness (QED) is 0.241. The van der Waals surface area contributed by atoms with Crippen LogP contribution in [0.3, 0.4) is 0 Å². The first-order chi connectivity index (χ1) is 13.7. The summed E-state index contributed by atoms with van der Waals surface area (Å²) in [5.41, 5.74) is 9.74. The molecule has 1 heterocycles. The molecule has 2 aliphatic carbocycles. The molecule has 12 heteroatoms. The number of nitrogens with one attached hydrogen (secondary N) is 2. The fourth-order valence-corrected chi connectivity index (χ4v) is 1.84. The van der Waals surface area contributed by atoms with Gasteiger partial charge in [-0.1, -0.05) is 0 Å². The van der Waals surface area contributed by atoms with E-state index in [9.17, 15) is 14.4 Å². The molecule has 2 aliphatic rings. The van der Waals surface area contributed by atoms with Gasteiger partial charge in [-0.15, -0.1) is 0 Å². The second-order valence-corrected chi connectivity index (χ2v) is 6.70. The Morgan fingerprint density at radius 2 is 1.83 bits per heavy atom. The summed E-state index contributed by atoms with van der Waals surface area (Å²) >= 11 is 8.92. The van der Waals surface area contributed by atoms with Crippen LogP contribution in [0.25, 0.3) is 9.69 Å². The average molecular weight is 439 g/mol. The number of rotatable bonds is 3. The largest absolute Gasteiger partial charge is 0.464 e. The van der Waals surface area contributed by atoms with E-state index in [-0.39, 0.29) is 22.9 Å². The third-order valence-corrected chi connectivity index (χ3v) is 3.50. The predicted molar refractivity (Wildman–Crippen MR) is 114 cm³/mol. The molecule has 10 nitrogen and oxygen atoms in total. The number of thiocarbonyl (C=S) groups is 1. The minimum absolute atomic E-state index is 0.000000000000000222. The second kappa shape index (κ2) is 14.0. The maximum absolute atomic E-state index is 11.3. The highest BCUT2D eigenvalue weighted by atomic mass is 32.1. The van der Waals surface area contributed by atoms with E-state index in [0.29, 0.717) is 22.3 Å². The summed E-state index contributed by atoms with van der Waals surface area (Å²) in [6.07, 6.45) is 5.39. The monoisotopic (exact) mass is 438 g/mol. The van der Waals surface area contributed by atoms with Gasteiger partial charge < -0.3 is 35.8 Å². The zero-order valence-corrected chi connectivity index (χ0v) is 17.4. The lowest BCUT2D eigenvalue weighted by Gasteiger charge is -1.99. The Balaban J connectivity index is 0.000000413. The van der Waals surface area contributed by atoms with Crippen molar-refractivity contribution in [1.29, 1.82) is 0 Å². The van der Waals surface area contributed by atoms with Crippen molar-refractivity contribution < 1.29 is 14.3 Å². The molecule has 0 radical (unpaired) electrons. The highest BCUT2D eigenvalue weighted by molar-refractivity contribution is 7.80. The summed E-state index contributed by atoms with van der Waals surface area (Å²) in [6, 6.07) is 0. The summed E-state index contributed by atoms with van der Waals surface area (Å²) in [4.78, 5) is 42.1. The maximum Gasteiger partial charge on any atom is 0.386 e. The zero-order valence-electron chi connectivity index (χ0n) is 15.8. The van der Waals surface area contributed by atoms with E-state index >= 15 is 0 Å². The number of ether oxygens (including phenoxy) is 1. The Morgan fingerprint density at radius 1 is 1.28 bits per heavy atom. The van der Waals surface area contributed by atoms with Crippen molar-refractivity contribution in [3.8, 4) is 0 Å². The standard InChI is InChI=1S/C8H7N3OS.C4H5NO2.C4H6O.CH4N2S/c1-9-6-5(4-2-3-4)10-8(13)11-7(6)12;1-5-3-4(6)7-2;5-3-4-1-2-4;2-1(3)4/h4H,2-3H2,(H2,10,11,12,13);3H2,2H3;3-4H,1-2H2;(H4,2,3,4). The van der Waals surface area contributed by atoms with E-state index in [2.05, 4.69) is 48.1 Å². The van der Waals surface area contributed by atoms with Crippen molar-refractivity contribution >= 4 is 47.5 Å². The number of aromatic nitrogens is 2. The summed E-state index contributed by atoms with van der Waals surface area (Å²) in [5.74, 6) is 0.318. The fraction of sp³-hybridized carbons (Fsp3) is 0.471. The van der Waals surface area contributed by atoms with Gasteiger partial charge in [-0.2, -0.15) is 0 Å². The lowest BCUT2D eigenvalue weighted by molar-refractivity contribution is -0.138. The van der Waals surface area contributed by atoms with Crippen molar-refractivity contribution in [2.24, 2.45) is 17.4 Å². The third-order valence-electron chi connectivity index (χ3n) is 3.29. The van der Waals surface area contributed by atoms with Gasteiger partial charge in [0, 0.05) is 11.6 Å². The molecule has 0 atom stereocenters. The van der Waals surface area contributed by atoms with Crippen LogP contribution in [0.5, 0.6) is 0 Å². The summed E-state index contributed by atoms with van der Waals surface area (Å²) in [6.45, 7) is 12.9. The number of aldehydes is 1. The number of carbonyl (C=O) groups is 2. The molecular weight excluding hydrogens is 416 g/mol. The molecule has 1 aromatic heterocycles. The lowest BCUT2D eigenvalue weighted by Crippen LogP contribution is -2.18. The molecule has 156 valence electrons. The Bertz CT molecular complexity index is 900. The van der Waals surface area contributed by atoms with Gasteiger partial charge in [0.2, 0.25) is 0 Å². The Kier molecular flexibility index (Phi) is 12.5. The fourth-order valence-electron chi connectivity index (χ4n) is 1.64. The molecular formula is C17H22N6O4S2. The average Bonchev–Trinajstić information content (AvgIpc) is 3.55.